The molecular formula is C13H17NS. The van der Waals surface area contributed by atoms with E-state index in [0.717, 1.165) is 12.5 Å². The Morgan fingerprint density at radius 1 is 1.33 bits per heavy atom. The van der Waals surface area contributed by atoms with Crippen molar-refractivity contribution in [1.82, 2.24) is 0 Å². The Kier molecular flexibility index (Phi) is 2.29. The molecule has 3 rings (SSSR count). The third-order valence-electron chi connectivity index (χ3n) is 3.87. The first-order valence-corrected chi connectivity index (χ1v) is 6.73. The van der Waals surface area contributed by atoms with Crippen molar-refractivity contribution in [2.45, 2.75) is 30.1 Å². The number of hydrogen-bond donors (Lipinski definition) is 1. The highest BCUT2D eigenvalue weighted by Gasteiger charge is 2.43. The molecule has 1 heterocycles. The van der Waals surface area contributed by atoms with Gasteiger partial charge in [0.05, 0.1) is 0 Å². The van der Waals surface area contributed by atoms with Crippen LogP contribution in [0.25, 0.3) is 0 Å². The molecule has 0 spiro atoms. The van der Waals surface area contributed by atoms with Crippen LogP contribution in [-0.2, 0) is 0 Å². The topological polar surface area (TPSA) is 26.0 Å². The van der Waals surface area contributed by atoms with E-state index in [4.69, 9.17) is 5.73 Å². The molecular weight excluding hydrogens is 202 g/mol. The SMILES string of the molecule is NCC1(CC2CSc3ccccc32)CC1. The van der Waals surface area contributed by atoms with Crippen LogP contribution < -0.4 is 5.73 Å². The van der Waals surface area contributed by atoms with E-state index >= 15 is 0 Å². The van der Waals surface area contributed by atoms with Gasteiger partial charge < -0.3 is 5.73 Å². The molecule has 1 aromatic carbocycles. The van der Waals surface area contributed by atoms with Crippen molar-refractivity contribution in [3.63, 3.8) is 0 Å². The minimum Gasteiger partial charge on any atom is -0.330 e. The Labute approximate surface area is 95.4 Å². The smallest absolute Gasteiger partial charge is 0.0107 e. The van der Waals surface area contributed by atoms with Crippen molar-refractivity contribution in [1.29, 1.82) is 0 Å². The highest BCUT2D eigenvalue weighted by Crippen LogP contribution is 2.54. The summed E-state index contributed by atoms with van der Waals surface area (Å²) in [6.07, 6.45) is 4.02. The van der Waals surface area contributed by atoms with Gasteiger partial charge in [0, 0.05) is 10.6 Å². The van der Waals surface area contributed by atoms with Crippen LogP contribution in [0.3, 0.4) is 0 Å². The molecule has 1 aliphatic carbocycles. The molecule has 1 nitrogen and oxygen atoms in total. The van der Waals surface area contributed by atoms with Gasteiger partial charge in [-0.3, -0.25) is 0 Å². The molecule has 0 aromatic heterocycles. The molecule has 15 heavy (non-hydrogen) atoms. The molecule has 1 fully saturated rings. The van der Waals surface area contributed by atoms with Crippen LogP contribution in [0.5, 0.6) is 0 Å². The molecule has 2 heteroatoms. The molecule has 1 aliphatic heterocycles. The second-order valence-corrected chi connectivity index (χ2v) is 6.02. The summed E-state index contributed by atoms with van der Waals surface area (Å²) in [6, 6.07) is 8.86. The maximum absolute atomic E-state index is 5.86. The maximum atomic E-state index is 5.86. The summed E-state index contributed by atoms with van der Waals surface area (Å²) in [5, 5.41) is 0. The number of fused-ring (bicyclic) bond motifs is 1. The highest BCUT2D eigenvalue weighted by atomic mass is 32.2. The van der Waals surface area contributed by atoms with Crippen LogP contribution in [0, 0.1) is 5.41 Å². The highest BCUT2D eigenvalue weighted by molar-refractivity contribution is 7.99. The molecule has 1 atom stereocenters. The Bertz CT molecular complexity index is 371. The minimum atomic E-state index is 0.517. The predicted octanol–water partition coefficient (Wildman–Crippen LogP) is 3.00. The van der Waals surface area contributed by atoms with Crippen molar-refractivity contribution in [3.8, 4) is 0 Å². The van der Waals surface area contributed by atoms with E-state index in [1.807, 2.05) is 11.8 Å². The molecule has 2 N–H and O–H groups in total. The van der Waals surface area contributed by atoms with Crippen molar-refractivity contribution in [2.24, 2.45) is 11.1 Å². The molecule has 0 radical (unpaired) electrons. The molecule has 0 amide bonds. The van der Waals surface area contributed by atoms with Gasteiger partial charge in [-0.1, -0.05) is 18.2 Å². The Hall–Kier alpha value is -0.470. The van der Waals surface area contributed by atoms with E-state index in [2.05, 4.69) is 24.3 Å². The summed E-state index contributed by atoms with van der Waals surface area (Å²) in [6.45, 7) is 0.885. The van der Waals surface area contributed by atoms with E-state index < -0.39 is 0 Å². The standard InChI is InChI=1S/C13H17NS/c14-9-13(5-6-13)7-10-8-15-12-4-2-1-3-11(10)12/h1-4,10H,5-9,14H2. The third kappa shape index (κ3) is 1.70. The molecule has 0 saturated heterocycles. The first kappa shape index (κ1) is 9.73. The molecule has 1 aromatic rings. The van der Waals surface area contributed by atoms with Crippen molar-refractivity contribution < 1.29 is 0 Å². The number of hydrogen-bond acceptors (Lipinski definition) is 2. The van der Waals surface area contributed by atoms with Gasteiger partial charge in [0.1, 0.15) is 0 Å². The predicted molar refractivity (Wildman–Crippen MR) is 65.2 cm³/mol. The lowest BCUT2D eigenvalue weighted by molar-refractivity contribution is 0.441. The molecule has 2 aliphatic rings. The van der Waals surface area contributed by atoms with E-state index in [-0.39, 0.29) is 0 Å². The van der Waals surface area contributed by atoms with Gasteiger partial charge in [0.2, 0.25) is 0 Å². The Morgan fingerprint density at radius 3 is 2.87 bits per heavy atom. The Morgan fingerprint density at radius 2 is 2.13 bits per heavy atom. The van der Waals surface area contributed by atoms with Crippen LogP contribution in [0.1, 0.15) is 30.7 Å². The summed E-state index contributed by atoms with van der Waals surface area (Å²) < 4.78 is 0. The third-order valence-corrected chi connectivity index (χ3v) is 5.12. The monoisotopic (exact) mass is 219 g/mol. The number of benzene rings is 1. The zero-order valence-electron chi connectivity index (χ0n) is 8.91. The van der Waals surface area contributed by atoms with Crippen LogP contribution in [0.2, 0.25) is 0 Å². The molecule has 1 saturated carbocycles. The van der Waals surface area contributed by atoms with E-state index in [9.17, 15) is 0 Å². The fourth-order valence-electron chi connectivity index (χ4n) is 2.59. The van der Waals surface area contributed by atoms with Gasteiger partial charge in [-0.15, -0.1) is 11.8 Å². The number of nitrogens with two attached hydrogens (primary N) is 1. The van der Waals surface area contributed by atoms with Gasteiger partial charge in [-0.05, 0) is 48.8 Å². The normalized spacial score (nSPS) is 26.3. The minimum absolute atomic E-state index is 0.517. The van der Waals surface area contributed by atoms with Gasteiger partial charge >= 0.3 is 0 Å². The lowest BCUT2D eigenvalue weighted by Crippen LogP contribution is -2.18. The van der Waals surface area contributed by atoms with E-state index in [1.54, 1.807) is 5.56 Å². The lowest BCUT2D eigenvalue weighted by Gasteiger charge is -2.18. The lowest BCUT2D eigenvalue weighted by atomic mass is 9.88. The average molecular weight is 219 g/mol. The largest absolute Gasteiger partial charge is 0.330 e. The van der Waals surface area contributed by atoms with Crippen molar-refractivity contribution in [3.05, 3.63) is 29.8 Å². The molecule has 80 valence electrons. The van der Waals surface area contributed by atoms with Crippen LogP contribution in [0.15, 0.2) is 29.2 Å². The van der Waals surface area contributed by atoms with Crippen LogP contribution >= 0.6 is 11.8 Å². The second kappa shape index (κ2) is 3.53. The average Bonchev–Trinajstić information content (AvgIpc) is 2.95. The second-order valence-electron chi connectivity index (χ2n) is 4.95. The summed E-state index contributed by atoms with van der Waals surface area (Å²) in [5.41, 5.74) is 7.95. The van der Waals surface area contributed by atoms with Gasteiger partial charge in [0.25, 0.3) is 0 Å². The fraction of sp³-hybridized carbons (Fsp3) is 0.538. The van der Waals surface area contributed by atoms with Gasteiger partial charge in [-0.2, -0.15) is 0 Å². The summed E-state index contributed by atoms with van der Waals surface area (Å²) in [7, 11) is 0. The molecule has 1 unspecified atom stereocenters. The van der Waals surface area contributed by atoms with Crippen LogP contribution in [0.4, 0.5) is 0 Å². The zero-order chi connectivity index (χ0) is 10.3. The van der Waals surface area contributed by atoms with E-state index in [1.165, 1.54) is 29.9 Å². The van der Waals surface area contributed by atoms with Crippen molar-refractivity contribution in [2.75, 3.05) is 12.3 Å². The first-order valence-electron chi connectivity index (χ1n) is 5.75. The summed E-state index contributed by atoms with van der Waals surface area (Å²) in [4.78, 5) is 1.50. The zero-order valence-corrected chi connectivity index (χ0v) is 9.72. The number of rotatable bonds is 3. The van der Waals surface area contributed by atoms with Crippen molar-refractivity contribution >= 4 is 11.8 Å². The van der Waals surface area contributed by atoms with Crippen LogP contribution in [-0.4, -0.2) is 12.3 Å². The summed E-state index contributed by atoms with van der Waals surface area (Å²) in [5.74, 6) is 2.03. The maximum Gasteiger partial charge on any atom is 0.0107 e. The fourth-order valence-corrected chi connectivity index (χ4v) is 3.84. The Balaban J connectivity index is 1.79. The van der Waals surface area contributed by atoms with Gasteiger partial charge in [0.15, 0.2) is 0 Å². The van der Waals surface area contributed by atoms with E-state index in [0.29, 0.717) is 5.41 Å². The molecule has 0 bridgehead atoms. The first-order chi connectivity index (χ1) is 7.33. The van der Waals surface area contributed by atoms with Gasteiger partial charge in [-0.25, -0.2) is 0 Å². The summed E-state index contributed by atoms with van der Waals surface area (Å²) >= 11 is 2.01. The quantitative estimate of drug-likeness (QED) is 0.845. The number of thioether (sulfide) groups is 1.